The van der Waals surface area contributed by atoms with E-state index in [0.29, 0.717) is 19.0 Å². The van der Waals surface area contributed by atoms with Gasteiger partial charge in [0.25, 0.3) is 0 Å². The topological polar surface area (TPSA) is 68.1 Å². The number of rotatable bonds is 7. The molecule has 1 aromatic heterocycles. The molecule has 0 amide bonds. The predicted molar refractivity (Wildman–Crippen MR) is 86.1 cm³/mol. The van der Waals surface area contributed by atoms with Crippen LogP contribution >= 0.6 is 0 Å². The molecule has 0 spiro atoms. The van der Waals surface area contributed by atoms with Crippen molar-refractivity contribution in [2.24, 2.45) is 0 Å². The highest BCUT2D eigenvalue weighted by Gasteiger charge is 2.12. The Morgan fingerprint density at radius 3 is 2.59 bits per heavy atom. The van der Waals surface area contributed by atoms with Gasteiger partial charge in [0.2, 0.25) is 10.0 Å². The van der Waals surface area contributed by atoms with Crippen molar-refractivity contribution in [3.8, 4) is 0 Å². The third kappa shape index (κ3) is 4.64. The second-order valence-electron chi connectivity index (χ2n) is 5.57. The molecule has 2 aromatic rings. The molecule has 0 N–H and O–H groups in total. The van der Waals surface area contributed by atoms with Crippen molar-refractivity contribution >= 4 is 10.0 Å². The zero-order chi connectivity index (χ0) is 16.2. The average Bonchev–Trinajstić information content (AvgIpc) is 2.92. The fourth-order valence-corrected chi connectivity index (χ4v) is 2.58. The van der Waals surface area contributed by atoms with E-state index in [1.165, 1.54) is 16.1 Å². The second-order valence-corrected chi connectivity index (χ2v) is 7.66. The average molecular weight is 322 g/mol. The highest BCUT2D eigenvalue weighted by Crippen LogP contribution is 2.18. The van der Waals surface area contributed by atoms with Crippen LogP contribution in [0.1, 0.15) is 24.1 Å². The Kier molecular flexibility index (Phi) is 5.31. The van der Waals surface area contributed by atoms with Crippen molar-refractivity contribution in [1.82, 2.24) is 19.3 Å². The Morgan fingerprint density at radius 2 is 1.95 bits per heavy atom. The number of likely N-dealkylation sites (N-methyl/N-ethyl adjacent to an activating group) is 1. The maximum Gasteiger partial charge on any atom is 0.211 e. The highest BCUT2D eigenvalue weighted by atomic mass is 32.2. The summed E-state index contributed by atoms with van der Waals surface area (Å²) in [5, 5.41) is 8.23. The van der Waals surface area contributed by atoms with Gasteiger partial charge in [0.05, 0.1) is 18.5 Å². The van der Waals surface area contributed by atoms with E-state index in [0.717, 1.165) is 12.1 Å². The van der Waals surface area contributed by atoms with E-state index >= 15 is 0 Å². The molecule has 120 valence electrons. The van der Waals surface area contributed by atoms with E-state index in [9.17, 15) is 8.42 Å². The van der Waals surface area contributed by atoms with E-state index in [4.69, 9.17) is 0 Å². The van der Waals surface area contributed by atoms with Crippen LogP contribution in [-0.2, 0) is 23.0 Å². The molecule has 0 radical (unpaired) electrons. The van der Waals surface area contributed by atoms with Crippen LogP contribution in [0.3, 0.4) is 0 Å². The molecule has 0 aliphatic rings. The van der Waals surface area contributed by atoms with Crippen LogP contribution in [0.2, 0.25) is 0 Å². The Morgan fingerprint density at radius 1 is 1.27 bits per heavy atom. The standard InChI is InChI=1S/C15H22N4O2S/c1-13(14-7-5-4-6-8-14)11-15-12-19(17-16-15)10-9-18(2)22(3,20)21/h4-8,12-13H,9-11H2,1-3H3. The molecular weight excluding hydrogens is 300 g/mol. The first-order valence-corrected chi connectivity index (χ1v) is 9.06. The fourth-order valence-electron chi connectivity index (χ4n) is 2.16. The van der Waals surface area contributed by atoms with Crippen molar-refractivity contribution in [2.45, 2.75) is 25.8 Å². The maximum absolute atomic E-state index is 11.3. The van der Waals surface area contributed by atoms with E-state index < -0.39 is 10.0 Å². The lowest BCUT2D eigenvalue weighted by atomic mass is 9.97. The number of aromatic nitrogens is 3. The van der Waals surface area contributed by atoms with Crippen LogP contribution < -0.4 is 0 Å². The summed E-state index contributed by atoms with van der Waals surface area (Å²) in [6.07, 6.45) is 3.89. The summed E-state index contributed by atoms with van der Waals surface area (Å²) < 4.78 is 25.7. The number of nitrogens with zero attached hydrogens (tertiary/aromatic N) is 4. The van der Waals surface area contributed by atoms with Crippen LogP contribution in [-0.4, -0.2) is 47.6 Å². The Bertz CT molecular complexity index is 697. The summed E-state index contributed by atoms with van der Waals surface area (Å²) in [7, 11) is -1.59. The monoisotopic (exact) mass is 322 g/mol. The third-order valence-corrected chi connectivity index (χ3v) is 5.00. The summed E-state index contributed by atoms with van der Waals surface area (Å²) in [6, 6.07) is 10.3. The first-order chi connectivity index (χ1) is 10.4. The van der Waals surface area contributed by atoms with Gasteiger partial charge < -0.3 is 0 Å². The molecule has 0 saturated carbocycles. The molecule has 0 aliphatic heterocycles. The molecule has 1 atom stereocenters. The predicted octanol–water partition coefficient (Wildman–Crippen LogP) is 1.52. The molecule has 0 bridgehead atoms. The molecule has 6 nitrogen and oxygen atoms in total. The van der Waals surface area contributed by atoms with E-state index in [1.54, 1.807) is 11.7 Å². The molecule has 1 unspecified atom stereocenters. The second kappa shape index (κ2) is 7.02. The minimum atomic E-state index is -3.15. The van der Waals surface area contributed by atoms with Gasteiger partial charge in [-0.2, -0.15) is 0 Å². The van der Waals surface area contributed by atoms with Crippen LogP contribution in [0.4, 0.5) is 0 Å². The molecule has 1 aromatic carbocycles. The largest absolute Gasteiger partial charge is 0.251 e. The van der Waals surface area contributed by atoms with Gasteiger partial charge in [0.1, 0.15) is 0 Å². The molecule has 7 heteroatoms. The van der Waals surface area contributed by atoms with Crippen LogP contribution in [0.5, 0.6) is 0 Å². The number of hydrogen-bond donors (Lipinski definition) is 0. The van der Waals surface area contributed by atoms with Crippen molar-refractivity contribution in [1.29, 1.82) is 0 Å². The van der Waals surface area contributed by atoms with Crippen molar-refractivity contribution in [3.63, 3.8) is 0 Å². The smallest absolute Gasteiger partial charge is 0.211 e. The molecule has 0 fully saturated rings. The fraction of sp³-hybridized carbons (Fsp3) is 0.467. The third-order valence-electron chi connectivity index (χ3n) is 3.68. The lowest BCUT2D eigenvalue weighted by Gasteiger charge is -2.13. The van der Waals surface area contributed by atoms with Gasteiger partial charge in [-0.15, -0.1) is 5.10 Å². The van der Waals surface area contributed by atoms with Gasteiger partial charge in [-0.1, -0.05) is 42.5 Å². The molecular formula is C15H22N4O2S. The van der Waals surface area contributed by atoms with Crippen molar-refractivity contribution < 1.29 is 8.42 Å². The summed E-state index contributed by atoms with van der Waals surface area (Å²) in [4.78, 5) is 0. The van der Waals surface area contributed by atoms with Gasteiger partial charge in [-0.25, -0.2) is 12.7 Å². The summed E-state index contributed by atoms with van der Waals surface area (Å²) >= 11 is 0. The number of hydrogen-bond acceptors (Lipinski definition) is 4. The normalized spacial score (nSPS) is 13.5. The van der Waals surface area contributed by atoms with Crippen LogP contribution in [0, 0.1) is 0 Å². The minimum Gasteiger partial charge on any atom is -0.251 e. The molecule has 1 heterocycles. The Labute approximate surface area is 131 Å². The Hall–Kier alpha value is -1.73. The maximum atomic E-state index is 11.3. The van der Waals surface area contributed by atoms with E-state index in [2.05, 4.69) is 29.4 Å². The minimum absolute atomic E-state index is 0.366. The Balaban J connectivity index is 1.92. The lowest BCUT2D eigenvalue weighted by molar-refractivity contribution is 0.432. The highest BCUT2D eigenvalue weighted by molar-refractivity contribution is 7.88. The summed E-state index contributed by atoms with van der Waals surface area (Å²) in [5.41, 5.74) is 2.19. The van der Waals surface area contributed by atoms with Crippen molar-refractivity contribution in [3.05, 3.63) is 47.8 Å². The quantitative estimate of drug-likeness (QED) is 0.775. The van der Waals surface area contributed by atoms with Crippen LogP contribution in [0.25, 0.3) is 0 Å². The van der Waals surface area contributed by atoms with E-state index in [1.807, 2.05) is 24.4 Å². The van der Waals surface area contributed by atoms with Gasteiger partial charge in [-0.3, -0.25) is 4.68 Å². The van der Waals surface area contributed by atoms with Gasteiger partial charge >= 0.3 is 0 Å². The lowest BCUT2D eigenvalue weighted by Crippen LogP contribution is -2.29. The van der Waals surface area contributed by atoms with Gasteiger partial charge in [0, 0.05) is 19.8 Å². The van der Waals surface area contributed by atoms with Crippen molar-refractivity contribution in [2.75, 3.05) is 19.8 Å². The first kappa shape index (κ1) is 16.6. The van der Waals surface area contributed by atoms with E-state index in [-0.39, 0.29) is 0 Å². The summed E-state index contributed by atoms with van der Waals surface area (Å²) in [6.45, 7) is 3.04. The molecule has 2 rings (SSSR count). The molecule has 0 saturated heterocycles. The number of sulfonamides is 1. The molecule has 0 aliphatic carbocycles. The SMILES string of the molecule is CC(Cc1cn(CCN(C)S(C)(=O)=O)nn1)c1ccccc1. The number of benzene rings is 1. The van der Waals surface area contributed by atoms with Crippen LogP contribution in [0.15, 0.2) is 36.5 Å². The first-order valence-electron chi connectivity index (χ1n) is 7.21. The van der Waals surface area contributed by atoms with Gasteiger partial charge in [0.15, 0.2) is 0 Å². The zero-order valence-corrected chi connectivity index (χ0v) is 14.0. The molecule has 22 heavy (non-hydrogen) atoms. The van der Waals surface area contributed by atoms with Gasteiger partial charge in [-0.05, 0) is 17.9 Å². The zero-order valence-electron chi connectivity index (χ0n) is 13.2. The summed E-state index contributed by atoms with van der Waals surface area (Å²) in [5.74, 6) is 0.366.